The molecule has 0 bridgehead atoms. The Hall–Kier alpha value is -0.841. The van der Waals surface area contributed by atoms with Gasteiger partial charge in [0.25, 0.3) is 0 Å². The van der Waals surface area contributed by atoms with Gasteiger partial charge in [0, 0.05) is 42.7 Å². The van der Waals surface area contributed by atoms with Gasteiger partial charge in [0.2, 0.25) is 0 Å². The molecule has 2 saturated carbocycles. The van der Waals surface area contributed by atoms with Crippen molar-refractivity contribution in [1.29, 1.82) is 0 Å². The van der Waals surface area contributed by atoms with Gasteiger partial charge in [-0.1, -0.05) is 48.5 Å². The molecule has 8 heteroatoms. The van der Waals surface area contributed by atoms with Crippen LogP contribution in [0.4, 0.5) is 0 Å². The first-order valence-electron chi connectivity index (χ1n) is 9.02. The van der Waals surface area contributed by atoms with E-state index in [1.54, 1.807) is 0 Å². The molecular formula is C27H24ClFe2O4P. The average Bonchev–Trinajstić information content (AvgIpc) is 3.69. The van der Waals surface area contributed by atoms with E-state index in [0.717, 1.165) is 0 Å². The van der Waals surface area contributed by atoms with Gasteiger partial charge in [0.15, 0.2) is 0 Å². The third kappa shape index (κ3) is 35.4. The van der Waals surface area contributed by atoms with Crippen LogP contribution in [0.2, 0.25) is 0 Å². The molecule has 0 heterocycles. The van der Waals surface area contributed by atoms with Crippen LogP contribution in [0.25, 0.3) is 0 Å². The molecule has 4 rings (SSSR count). The van der Waals surface area contributed by atoms with Crippen molar-refractivity contribution in [1.82, 2.24) is 0 Å². The zero-order chi connectivity index (χ0) is 24.7. The standard InChI is InChI=1S/C13H13P.2C5H5.4CO.ClH.2Fe/c1-3-7-12(8-4-1)11-14-13-9-5-2-6-10-13;2*1-2-4-5-3-1;4*1-2;;;/h1-10,14H,11H2;2*1-5H;;;;;1H;;. The Balaban J connectivity index is -0.0000000847. The van der Waals surface area contributed by atoms with Crippen LogP contribution in [0.1, 0.15) is 5.56 Å². The third-order valence-electron chi connectivity index (χ3n) is 3.33. The van der Waals surface area contributed by atoms with Crippen LogP contribution < -0.4 is 17.7 Å². The SMILES string of the molecule is [C-]#[O+].[C-]#[O+].[C-]#[O+].[C-]#[O+].[CH]1[CH][CH][CH][CH]1.[CH]1[CH][CH][CH][CH]1.[Cl-].[Fe].[Fe].c1ccc(C[PH2+]c2ccccc2)cc1. The van der Waals surface area contributed by atoms with Crippen LogP contribution in [0.5, 0.6) is 0 Å². The molecule has 0 saturated heterocycles. The average molecular weight is 591 g/mol. The molecule has 4 nitrogen and oxygen atoms in total. The number of benzene rings is 2. The quantitative estimate of drug-likeness (QED) is 0.226. The molecule has 2 aromatic rings. The van der Waals surface area contributed by atoms with Crippen molar-refractivity contribution < 1.29 is 65.2 Å². The van der Waals surface area contributed by atoms with Gasteiger partial charge in [-0.05, 0) is 81.9 Å². The van der Waals surface area contributed by atoms with Crippen molar-refractivity contribution in [3.63, 3.8) is 0 Å². The molecule has 2 aliphatic carbocycles. The summed E-state index contributed by atoms with van der Waals surface area (Å²) in [6.07, 6.45) is 21.2. The maximum absolute atomic E-state index is 7.50. The van der Waals surface area contributed by atoms with Crippen molar-refractivity contribution in [3.05, 3.63) is 157 Å². The summed E-state index contributed by atoms with van der Waals surface area (Å²) < 4.78 is 30.0. The zero-order valence-corrected chi connectivity index (χ0v) is 22.7. The minimum absolute atomic E-state index is 0. The van der Waals surface area contributed by atoms with Crippen molar-refractivity contribution in [3.8, 4) is 0 Å². The van der Waals surface area contributed by atoms with Crippen LogP contribution in [-0.4, -0.2) is 0 Å². The molecule has 0 N–H and O–H groups in total. The number of hydrogen-bond donors (Lipinski definition) is 0. The van der Waals surface area contributed by atoms with Crippen molar-refractivity contribution in [2.75, 3.05) is 0 Å². The Morgan fingerprint density at radius 3 is 1.00 bits per heavy atom. The predicted octanol–water partition coefficient (Wildman–Crippen LogP) is 1.81. The van der Waals surface area contributed by atoms with Gasteiger partial charge >= 0.3 is 45.2 Å². The Labute approximate surface area is 241 Å². The van der Waals surface area contributed by atoms with Crippen molar-refractivity contribution in [2.45, 2.75) is 6.16 Å². The molecule has 2 fully saturated rings. The van der Waals surface area contributed by atoms with Crippen LogP contribution in [0, 0.1) is 90.8 Å². The van der Waals surface area contributed by atoms with Gasteiger partial charge in [0.1, 0.15) is 0 Å². The Morgan fingerprint density at radius 1 is 0.457 bits per heavy atom. The summed E-state index contributed by atoms with van der Waals surface area (Å²) in [7, 11) is 0.386. The van der Waals surface area contributed by atoms with Gasteiger partial charge in [-0.2, -0.15) is 0 Å². The fourth-order valence-corrected chi connectivity index (χ4v) is 3.32. The first-order chi connectivity index (χ1) is 15.9. The molecule has 0 amide bonds. The van der Waals surface area contributed by atoms with E-state index in [-0.39, 0.29) is 46.5 Å². The number of hydrogen-bond acceptors (Lipinski definition) is 0. The summed E-state index contributed by atoms with van der Waals surface area (Å²) >= 11 is 0. The third-order valence-corrected chi connectivity index (χ3v) is 4.86. The molecule has 0 aromatic heterocycles. The Kier molecular flexibility index (Phi) is 62.9. The zero-order valence-electron chi connectivity index (χ0n) is 18.5. The van der Waals surface area contributed by atoms with Crippen LogP contribution in [-0.2, 0) is 58.9 Å². The summed E-state index contributed by atoms with van der Waals surface area (Å²) in [5.41, 5.74) is 1.45. The van der Waals surface area contributed by atoms with Gasteiger partial charge in [-0.25, -0.2) is 0 Å². The second-order valence-electron chi connectivity index (χ2n) is 5.23. The van der Waals surface area contributed by atoms with Gasteiger partial charge in [-0.3, -0.25) is 0 Å². The predicted molar refractivity (Wildman–Crippen MR) is 125 cm³/mol. The topological polar surface area (TPSA) is 79.6 Å². The fraction of sp³-hybridized carbons (Fsp3) is 0.0370. The van der Waals surface area contributed by atoms with Gasteiger partial charge < -0.3 is 12.4 Å². The van der Waals surface area contributed by atoms with Gasteiger partial charge in [-0.15, -0.1) is 0 Å². The summed E-state index contributed by atoms with van der Waals surface area (Å²) in [5.74, 6) is 0. The van der Waals surface area contributed by atoms with E-state index in [9.17, 15) is 0 Å². The normalized spacial score (nSPS) is 11.4. The summed E-state index contributed by atoms with van der Waals surface area (Å²) in [6, 6.07) is 21.5. The largest absolute Gasteiger partial charge is 1.00 e. The van der Waals surface area contributed by atoms with Crippen LogP contribution >= 0.6 is 8.58 Å². The second kappa shape index (κ2) is 46.5. The second-order valence-corrected chi connectivity index (χ2v) is 6.71. The fourth-order valence-electron chi connectivity index (χ4n) is 2.08. The van der Waals surface area contributed by atoms with E-state index >= 15 is 0 Å². The first kappa shape index (κ1) is 47.4. The van der Waals surface area contributed by atoms with Crippen LogP contribution in [0.15, 0.2) is 60.7 Å². The monoisotopic (exact) mass is 590 g/mol. The Morgan fingerprint density at radius 2 is 0.714 bits per heavy atom. The molecule has 0 spiro atoms. The molecule has 184 valence electrons. The van der Waals surface area contributed by atoms with Crippen LogP contribution in [0.3, 0.4) is 0 Å². The van der Waals surface area contributed by atoms with E-state index in [1.807, 2.05) is 64.2 Å². The molecular weight excluding hydrogens is 566 g/mol. The number of rotatable bonds is 3. The van der Waals surface area contributed by atoms with E-state index in [1.165, 1.54) is 17.0 Å². The molecule has 2 aliphatic rings. The Bertz CT molecular complexity index is 599. The number of halogens is 1. The van der Waals surface area contributed by atoms with E-state index in [2.05, 4.69) is 87.3 Å². The molecule has 1 atom stereocenters. The molecule has 0 aliphatic heterocycles. The summed E-state index contributed by atoms with van der Waals surface area (Å²) in [6.45, 7) is 18.0. The maximum atomic E-state index is 7.50. The maximum Gasteiger partial charge on any atom is 0.0893 e. The first-order valence-corrected chi connectivity index (χ1v) is 10.4. The summed E-state index contributed by atoms with van der Waals surface area (Å²) in [5, 5.41) is 1.50. The summed E-state index contributed by atoms with van der Waals surface area (Å²) in [4.78, 5) is 0. The minimum atomic E-state index is 0. The van der Waals surface area contributed by atoms with E-state index < -0.39 is 0 Å². The van der Waals surface area contributed by atoms with Crippen molar-refractivity contribution >= 4 is 13.9 Å². The molecule has 1 unspecified atom stereocenters. The minimum Gasteiger partial charge on any atom is -1.00 e. The molecule has 2 aromatic carbocycles. The van der Waals surface area contributed by atoms with Crippen molar-refractivity contribution in [2.24, 2.45) is 0 Å². The molecule has 35 heavy (non-hydrogen) atoms. The van der Waals surface area contributed by atoms with Gasteiger partial charge in [0.05, 0.1) is 11.5 Å². The smallest absolute Gasteiger partial charge is 0.0893 e. The van der Waals surface area contributed by atoms with E-state index in [0.29, 0.717) is 8.58 Å². The molecule has 10 radical (unpaired) electrons. The van der Waals surface area contributed by atoms with E-state index in [4.69, 9.17) is 18.6 Å².